The molecule has 1 aliphatic rings. The van der Waals surface area contributed by atoms with Crippen LogP contribution >= 0.6 is 11.3 Å². The van der Waals surface area contributed by atoms with Gasteiger partial charge < -0.3 is 0 Å². The highest BCUT2D eigenvalue weighted by Crippen LogP contribution is 2.34. The molecule has 30 heavy (non-hydrogen) atoms. The number of hydrogen-bond donors (Lipinski definition) is 0. The molecule has 5 heteroatoms. The van der Waals surface area contributed by atoms with Crippen LogP contribution in [0.25, 0.3) is 5.57 Å². The highest BCUT2D eigenvalue weighted by molar-refractivity contribution is 7.14. The van der Waals surface area contributed by atoms with E-state index in [1.165, 1.54) is 22.5 Å². The molecular formula is C25H27N3OS. The molecule has 3 aromatic rings. The number of aryl methyl sites for hydroxylation is 2. The van der Waals surface area contributed by atoms with Crippen LogP contribution in [0.15, 0.2) is 60.0 Å². The zero-order valence-electron chi connectivity index (χ0n) is 17.8. The fourth-order valence-electron chi connectivity index (χ4n) is 4.02. The van der Waals surface area contributed by atoms with E-state index >= 15 is 0 Å². The van der Waals surface area contributed by atoms with Crippen molar-refractivity contribution < 1.29 is 4.79 Å². The minimum absolute atomic E-state index is 0.0123. The standard InChI is InChI=1S/C25H27N3OS/c1-18-8-7-9-19(2)24(18)28(20(3)29)25-26-23(17-30-25)16-27-14-12-22(13-15-27)21-10-5-4-6-11-21/h4-12,17H,13-16H2,1-3H3. The van der Waals surface area contributed by atoms with E-state index in [1.54, 1.807) is 11.8 Å². The minimum Gasteiger partial charge on any atom is -0.293 e. The summed E-state index contributed by atoms with van der Waals surface area (Å²) in [6.45, 7) is 8.42. The molecule has 0 unspecified atom stereocenters. The maximum atomic E-state index is 12.5. The lowest BCUT2D eigenvalue weighted by atomic mass is 9.99. The van der Waals surface area contributed by atoms with E-state index in [2.05, 4.69) is 46.7 Å². The van der Waals surface area contributed by atoms with Crippen LogP contribution in [0.3, 0.4) is 0 Å². The monoisotopic (exact) mass is 417 g/mol. The largest absolute Gasteiger partial charge is 0.293 e. The molecule has 1 amide bonds. The van der Waals surface area contributed by atoms with Gasteiger partial charge >= 0.3 is 0 Å². The van der Waals surface area contributed by atoms with Gasteiger partial charge in [-0.3, -0.25) is 14.6 Å². The van der Waals surface area contributed by atoms with Crippen LogP contribution in [0, 0.1) is 13.8 Å². The average Bonchev–Trinajstić information content (AvgIpc) is 3.19. The van der Waals surface area contributed by atoms with Crippen molar-refractivity contribution in [1.82, 2.24) is 9.88 Å². The second-order valence-electron chi connectivity index (χ2n) is 7.80. The second kappa shape index (κ2) is 8.94. The Bertz CT molecular complexity index is 1050. The molecule has 0 radical (unpaired) electrons. The third-order valence-corrected chi connectivity index (χ3v) is 6.41. The lowest BCUT2D eigenvalue weighted by Crippen LogP contribution is -2.28. The van der Waals surface area contributed by atoms with E-state index in [0.29, 0.717) is 0 Å². The number of aromatic nitrogens is 1. The SMILES string of the molecule is CC(=O)N(c1nc(CN2CC=C(c3ccccc3)CC2)cs1)c1c(C)cccc1C. The predicted molar refractivity (Wildman–Crippen MR) is 125 cm³/mol. The van der Waals surface area contributed by atoms with Crippen LogP contribution in [-0.2, 0) is 11.3 Å². The van der Waals surface area contributed by atoms with Crippen LogP contribution in [0.5, 0.6) is 0 Å². The Labute approximate surface area is 182 Å². The molecule has 4 nitrogen and oxygen atoms in total. The van der Waals surface area contributed by atoms with Crippen molar-refractivity contribution in [2.45, 2.75) is 33.7 Å². The zero-order chi connectivity index (χ0) is 21.1. The summed E-state index contributed by atoms with van der Waals surface area (Å²) in [7, 11) is 0. The number of thiazole rings is 1. The van der Waals surface area contributed by atoms with Crippen molar-refractivity contribution in [3.05, 3.63) is 82.4 Å². The van der Waals surface area contributed by atoms with Gasteiger partial charge in [-0.1, -0.05) is 54.6 Å². The van der Waals surface area contributed by atoms with Gasteiger partial charge in [-0.05, 0) is 42.5 Å². The van der Waals surface area contributed by atoms with Gasteiger partial charge in [0.2, 0.25) is 5.91 Å². The number of rotatable bonds is 5. The summed E-state index contributed by atoms with van der Waals surface area (Å²) in [6.07, 6.45) is 3.37. The molecule has 0 bridgehead atoms. The first-order valence-corrected chi connectivity index (χ1v) is 11.2. The molecule has 0 N–H and O–H groups in total. The number of para-hydroxylation sites is 1. The Balaban J connectivity index is 1.49. The maximum Gasteiger partial charge on any atom is 0.230 e. The number of carbonyl (C=O) groups is 1. The molecule has 0 aliphatic carbocycles. The first-order valence-electron chi connectivity index (χ1n) is 10.3. The van der Waals surface area contributed by atoms with Crippen molar-refractivity contribution in [3.63, 3.8) is 0 Å². The van der Waals surface area contributed by atoms with Gasteiger partial charge in [-0.15, -0.1) is 11.3 Å². The van der Waals surface area contributed by atoms with E-state index in [1.807, 2.05) is 32.0 Å². The highest BCUT2D eigenvalue weighted by atomic mass is 32.1. The van der Waals surface area contributed by atoms with E-state index in [9.17, 15) is 4.79 Å². The molecule has 4 rings (SSSR count). The highest BCUT2D eigenvalue weighted by Gasteiger charge is 2.22. The number of nitrogens with zero attached hydrogens (tertiary/aromatic N) is 3. The van der Waals surface area contributed by atoms with Gasteiger partial charge in [0, 0.05) is 31.9 Å². The fourth-order valence-corrected chi connectivity index (χ4v) is 4.88. The Kier molecular flexibility index (Phi) is 6.11. The van der Waals surface area contributed by atoms with Crippen molar-refractivity contribution in [2.24, 2.45) is 0 Å². The molecule has 0 spiro atoms. The normalized spacial score (nSPS) is 14.4. The van der Waals surface area contributed by atoms with Crippen LogP contribution in [0.2, 0.25) is 0 Å². The molecule has 154 valence electrons. The summed E-state index contributed by atoms with van der Waals surface area (Å²) < 4.78 is 0. The van der Waals surface area contributed by atoms with E-state index < -0.39 is 0 Å². The maximum absolute atomic E-state index is 12.5. The summed E-state index contributed by atoms with van der Waals surface area (Å²) in [5, 5.41) is 2.82. The summed E-state index contributed by atoms with van der Waals surface area (Å²) in [5.74, 6) is -0.0123. The molecule has 0 atom stereocenters. The van der Waals surface area contributed by atoms with E-state index in [-0.39, 0.29) is 5.91 Å². The summed E-state index contributed by atoms with van der Waals surface area (Å²) in [6, 6.07) is 16.7. The van der Waals surface area contributed by atoms with Crippen LogP contribution in [-0.4, -0.2) is 28.9 Å². The molecule has 0 saturated carbocycles. The van der Waals surface area contributed by atoms with Crippen molar-refractivity contribution in [2.75, 3.05) is 18.0 Å². The van der Waals surface area contributed by atoms with Crippen LogP contribution in [0.1, 0.15) is 35.7 Å². The van der Waals surface area contributed by atoms with Gasteiger partial charge in [-0.25, -0.2) is 4.98 Å². The van der Waals surface area contributed by atoms with Crippen molar-refractivity contribution >= 4 is 33.6 Å². The summed E-state index contributed by atoms with van der Waals surface area (Å²) in [5.41, 5.74) is 6.86. The smallest absolute Gasteiger partial charge is 0.230 e. The van der Waals surface area contributed by atoms with Gasteiger partial charge in [0.15, 0.2) is 5.13 Å². The first kappa shape index (κ1) is 20.5. The van der Waals surface area contributed by atoms with Gasteiger partial charge in [-0.2, -0.15) is 0 Å². The Morgan fingerprint density at radius 2 is 1.83 bits per heavy atom. The van der Waals surface area contributed by atoms with Crippen LogP contribution < -0.4 is 4.90 Å². The van der Waals surface area contributed by atoms with Crippen LogP contribution in [0.4, 0.5) is 10.8 Å². The molecule has 0 fully saturated rings. The Morgan fingerprint density at radius 1 is 1.10 bits per heavy atom. The number of anilines is 2. The number of benzene rings is 2. The van der Waals surface area contributed by atoms with Gasteiger partial charge in [0.1, 0.15) is 0 Å². The summed E-state index contributed by atoms with van der Waals surface area (Å²) >= 11 is 1.54. The van der Waals surface area contributed by atoms with Gasteiger partial charge in [0.05, 0.1) is 11.4 Å². The molecule has 2 aromatic carbocycles. The molecular weight excluding hydrogens is 390 g/mol. The van der Waals surface area contributed by atoms with E-state index in [0.717, 1.165) is 53.7 Å². The number of hydrogen-bond acceptors (Lipinski definition) is 4. The van der Waals surface area contributed by atoms with Crippen molar-refractivity contribution in [3.8, 4) is 0 Å². The Hall–Kier alpha value is -2.76. The third kappa shape index (κ3) is 4.37. The molecule has 0 saturated heterocycles. The van der Waals surface area contributed by atoms with Gasteiger partial charge in [0.25, 0.3) is 0 Å². The van der Waals surface area contributed by atoms with E-state index in [4.69, 9.17) is 4.98 Å². The zero-order valence-corrected chi connectivity index (χ0v) is 18.6. The molecule has 2 heterocycles. The average molecular weight is 418 g/mol. The summed E-state index contributed by atoms with van der Waals surface area (Å²) in [4.78, 5) is 21.5. The fraction of sp³-hybridized carbons (Fsp3) is 0.280. The second-order valence-corrected chi connectivity index (χ2v) is 8.63. The Morgan fingerprint density at radius 3 is 2.47 bits per heavy atom. The third-order valence-electron chi connectivity index (χ3n) is 5.53. The predicted octanol–water partition coefficient (Wildman–Crippen LogP) is 5.73. The molecule has 1 aliphatic heterocycles. The quantitative estimate of drug-likeness (QED) is 0.532. The topological polar surface area (TPSA) is 36.4 Å². The number of carbonyl (C=O) groups excluding carboxylic acids is 1. The lowest BCUT2D eigenvalue weighted by Gasteiger charge is -2.26. The molecule has 1 aromatic heterocycles. The minimum atomic E-state index is -0.0123. The first-order chi connectivity index (χ1) is 14.5. The number of amides is 1. The lowest BCUT2D eigenvalue weighted by molar-refractivity contribution is -0.115. The van der Waals surface area contributed by atoms with Crippen molar-refractivity contribution in [1.29, 1.82) is 0 Å².